The minimum Gasteiger partial charge on any atom is -0.497 e. The Morgan fingerprint density at radius 2 is 2.00 bits per heavy atom. The van der Waals surface area contributed by atoms with E-state index in [1.165, 1.54) is 0 Å². The van der Waals surface area contributed by atoms with Crippen LogP contribution in [0.3, 0.4) is 0 Å². The molecular weight excluding hydrogens is 276 g/mol. The molecule has 0 unspecified atom stereocenters. The van der Waals surface area contributed by atoms with Crippen molar-refractivity contribution in [1.82, 2.24) is 0 Å². The van der Waals surface area contributed by atoms with E-state index in [0.29, 0.717) is 27.7 Å². The Bertz CT molecular complexity index is 636. The first-order chi connectivity index (χ1) is 9.49. The van der Waals surface area contributed by atoms with Crippen molar-refractivity contribution < 1.29 is 9.53 Å². The number of nitrogens with two attached hydrogens (primary N) is 1. The summed E-state index contributed by atoms with van der Waals surface area (Å²) >= 11 is 6.05. The van der Waals surface area contributed by atoms with Crippen LogP contribution in [0.2, 0.25) is 5.02 Å². The fraction of sp³-hybridized carbons (Fsp3) is 0.133. The number of carbonyl (C=O) groups excluding carboxylic acids is 1. The quantitative estimate of drug-likeness (QED) is 0.851. The van der Waals surface area contributed by atoms with Gasteiger partial charge in [-0.05, 0) is 42.8 Å². The molecule has 0 bridgehead atoms. The van der Waals surface area contributed by atoms with Crippen LogP contribution in [-0.2, 0) is 0 Å². The molecule has 0 aromatic heterocycles. The molecule has 2 aromatic carbocycles. The summed E-state index contributed by atoms with van der Waals surface area (Å²) in [6.07, 6.45) is 0. The van der Waals surface area contributed by atoms with E-state index in [4.69, 9.17) is 22.1 Å². The first-order valence-electron chi connectivity index (χ1n) is 6.01. The van der Waals surface area contributed by atoms with Gasteiger partial charge >= 0.3 is 0 Å². The van der Waals surface area contributed by atoms with Gasteiger partial charge in [0.2, 0.25) is 0 Å². The van der Waals surface area contributed by atoms with Crippen LogP contribution in [0.1, 0.15) is 15.9 Å². The first kappa shape index (κ1) is 14.2. The zero-order valence-electron chi connectivity index (χ0n) is 11.2. The summed E-state index contributed by atoms with van der Waals surface area (Å²) in [6.45, 7) is 1.88. The maximum absolute atomic E-state index is 12.2. The highest BCUT2D eigenvalue weighted by atomic mass is 35.5. The minimum atomic E-state index is -0.268. The molecular formula is C15H15ClN2O2. The molecule has 0 radical (unpaired) electrons. The van der Waals surface area contributed by atoms with Gasteiger partial charge in [-0.15, -0.1) is 0 Å². The second kappa shape index (κ2) is 5.84. The molecule has 0 spiro atoms. The van der Waals surface area contributed by atoms with Crippen molar-refractivity contribution in [3.63, 3.8) is 0 Å². The number of amides is 1. The highest BCUT2D eigenvalue weighted by Gasteiger charge is 2.10. The number of nitrogen functional groups attached to an aromatic ring is 1. The number of ether oxygens (including phenoxy) is 1. The van der Waals surface area contributed by atoms with Crippen LogP contribution in [0.4, 0.5) is 11.4 Å². The number of methoxy groups -OCH3 is 1. The number of aryl methyl sites for hydroxylation is 1. The van der Waals surface area contributed by atoms with E-state index in [1.54, 1.807) is 43.5 Å². The predicted octanol–water partition coefficient (Wildman–Crippen LogP) is 3.49. The molecule has 3 N–H and O–H groups in total. The summed E-state index contributed by atoms with van der Waals surface area (Å²) in [4.78, 5) is 12.2. The van der Waals surface area contributed by atoms with Crippen LogP contribution in [0.5, 0.6) is 5.75 Å². The molecule has 0 aliphatic heterocycles. The number of nitrogens with one attached hydrogen (secondary N) is 1. The fourth-order valence-electron chi connectivity index (χ4n) is 1.87. The molecule has 1 amide bonds. The van der Waals surface area contributed by atoms with Gasteiger partial charge in [0.05, 0.1) is 17.8 Å². The summed E-state index contributed by atoms with van der Waals surface area (Å²) in [5.74, 6) is 0.351. The normalized spacial score (nSPS) is 10.2. The standard InChI is InChI=1S/C15H15ClN2O2/c1-9-5-10(7-11(17)6-9)15(19)18-14-8-12(20-2)3-4-13(14)16/h3-8H,17H2,1-2H3,(H,18,19). The number of anilines is 2. The zero-order chi connectivity index (χ0) is 14.7. The number of hydrogen-bond acceptors (Lipinski definition) is 3. The lowest BCUT2D eigenvalue weighted by atomic mass is 10.1. The molecule has 2 aromatic rings. The Morgan fingerprint density at radius 1 is 1.25 bits per heavy atom. The molecule has 5 heteroatoms. The Kier molecular flexibility index (Phi) is 4.15. The molecule has 2 rings (SSSR count). The molecule has 0 saturated carbocycles. The van der Waals surface area contributed by atoms with Gasteiger partial charge in [-0.25, -0.2) is 0 Å². The monoisotopic (exact) mass is 290 g/mol. The Hall–Kier alpha value is -2.20. The molecule has 0 saturated heterocycles. The van der Waals surface area contributed by atoms with Gasteiger partial charge in [0, 0.05) is 17.3 Å². The number of halogens is 1. The Morgan fingerprint density at radius 3 is 2.65 bits per heavy atom. The van der Waals surface area contributed by atoms with Crippen molar-refractivity contribution >= 4 is 28.9 Å². The smallest absolute Gasteiger partial charge is 0.255 e. The lowest BCUT2D eigenvalue weighted by Gasteiger charge is -2.10. The van der Waals surface area contributed by atoms with E-state index < -0.39 is 0 Å². The summed E-state index contributed by atoms with van der Waals surface area (Å²) in [5.41, 5.74) is 8.19. The van der Waals surface area contributed by atoms with Gasteiger partial charge in [0.1, 0.15) is 5.75 Å². The van der Waals surface area contributed by atoms with E-state index in [-0.39, 0.29) is 5.91 Å². The van der Waals surface area contributed by atoms with Crippen LogP contribution in [0.25, 0.3) is 0 Å². The van der Waals surface area contributed by atoms with Crippen LogP contribution in [0, 0.1) is 6.92 Å². The summed E-state index contributed by atoms with van der Waals surface area (Å²) in [5, 5.41) is 3.19. The van der Waals surface area contributed by atoms with E-state index in [1.807, 2.05) is 6.92 Å². The van der Waals surface area contributed by atoms with Crippen molar-refractivity contribution in [3.8, 4) is 5.75 Å². The van der Waals surface area contributed by atoms with Gasteiger partial charge in [-0.1, -0.05) is 11.6 Å². The summed E-state index contributed by atoms with van der Waals surface area (Å²) < 4.78 is 5.11. The average molecular weight is 291 g/mol. The van der Waals surface area contributed by atoms with Gasteiger partial charge < -0.3 is 15.8 Å². The van der Waals surface area contributed by atoms with Gasteiger partial charge in [0.15, 0.2) is 0 Å². The van der Waals surface area contributed by atoms with Gasteiger partial charge in [-0.2, -0.15) is 0 Å². The Labute approximate surface area is 122 Å². The van der Waals surface area contributed by atoms with E-state index in [0.717, 1.165) is 5.56 Å². The van der Waals surface area contributed by atoms with Crippen molar-refractivity contribution in [3.05, 3.63) is 52.5 Å². The van der Waals surface area contributed by atoms with Gasteiger partial charge in [-0.3, -0.25) is 4.79 Å². The van der Waals surface area contributed by atoms with Crippen LogP contribution >= 0.6 is 11.6 Å². The number of carbonyl (C=O) groups is 1. The van der Waals surface area contributed by atoms with Crippen molar-refractivity contribution in [2.24, 2.45) is 0 Å². The largest absolute Gasteiger partial charge is 0.497 e. The lowest BCUT2D eigenvalue weighted by Crippen LogP contribution is -2.13. The van der Waals surface area contributed by atoms with Crippen molar-refractivity contribution in [2.75, 3.05) is 18.2 Å². The average Bonchev–Trinajstić information content (AvgIpc) is 2.40. The van der Waals surface area contributed by atoms with E-state index >= 15 is 0 Å². The molecule has 0 aliphatic rings. The van der Waals surface area contributed by atoms with E-state index in [2.05, 4.69) is 5.32 Å². The third-order valence-corrected chi connectivity index (χ3v) is 3.11. The molecule has 0 heterocycles. The third kappa shape index (κ3) is 3.22. The predicted molar refractivity (Wildman–Crippen MR) is 81.5 cm³/mol. The highest BCUT2D eigenvalue weighted by molar-refractivity contribution is 6.34. The number of benzene rings is 2. The maximum atomic E-state index is 12.2. The molecule has 4 nitrogen and oxygen atoms in total. The number of rotatable bonds is 3. The molecule has 0 atom stereocenters. The van der Waals surface area contributed by atoms with Gasteiger partial charge in [0.25, 0.3) is 5.91 Å². The highest BCUT2D eigenvalue weighted by Crippen LogP contribution is 2.27. The van der Waals surface area contributed by atoms with Crippen molar-refractivity contribution in [2.45, 2.75) is 6.92 Å². The Balaban J connectivity index is 2.27. The second-order valence-corrected chi connectivity index (χ2v) is 4.84. The van der Waals surface area contributed by atoms with Crippen LogP contribution in [0.15, 0.2) is 36.4 Å². The SMILES string of the molecule is COc1ccc(Cl)c(NC(=O)c2cc(C)cc(N)c2)c1. The van der Waals surface area contributed by atoms with Crippen LogP contribution in [-0.4, -0.2) is 13.0 Å². The first-order valence-corrected chi connectivity index (χ1v) is 6.39. The summed E-state index contributed by atoms with van der Waals surface area (Å²) in [7, 11) is 1.55. The van der Waals surface area contributed by atoms with Crippen molar-refractivity contribution in [1.29, 1.82) is 0 Å². The minimum absolute atomic E-state index is 0.268. The molecule has 0 fully saturated rings. The second-order valence-electron chi connectivity index (χ2n) is 4.43. The van der Waals surface area contributed by atoms with Crippen LogP contribution < -0.4 is 15.8 Å². The topological polar surface area (TPSA) is 64.3 Å². The maximum Gasteiger partial charge on any atom is 0.255 e. The number of hydrogen-bond donors (Lipinski definition) is 2. The van der Waals surface area contributed by atoms with E-state index in [9.17, 15) is 4.79 Å². The molecule has 20 heavy (non-hydrogen) atoms. The third-order valence-electron chi connectivity index (χ3n) is 2.78. The summed E-state index contributed by atoms with van der Waals surface area (Å²) in [6, 6.07) is 10.2. The molecule has 0 aliphatic carbocycles. The fourth-order valence-corrected chi connectivity index (χ4v) is 2.03. The lowest BCUT2D eigenvalue weighted by molar-refractivity contribution is 0.102. The zero-order valence-corrected chi connectivity index (χ0v) is 12.0. The molecule has 104 valence electrons.